The van der Waals surface area contributed by atoms with E-state index in [-0.39, 0.29) is 16.5 Å². The fraction of sp³-hybridized carbons (Fsp3) is 0.375. The number of aliphatic carboxylic acids is 2. The largest absolute Gasteiger partial charge is 0.473 e. The van der Waals surface area contributed by atoms with Crippen molar-refractivity contribution >= 4 is 22.8 Å². The average molecular weight is 364 g/mol. The van der Waals surface area contributed by atoms with Crippen molar-refractivity contribution < 1.29 is 19.8 Å². The van der Waals surface area contributed by atoms with Crippen LogP contribution in [0.3, 0.4) is 0 Å². The lowest BCUT2D eigenvalue weighted by atomic mass is 10.3. The third-order valence-electron chi connectivity index (χ3n) is 3.55. The van der Waals surface area contributed by atoms with Gasteiger partial charge in [0.05, 0.1) is 5.39 Å². The first kappa shape index (κ1) is 20.9. The van der Waals surface area contributed by atoms with Crippen molar-refractivity contribution in [2.75, 3.05) is 19.6 Å². The van der Waals surface area contributed by atoms with Gasteiger partial charge in [-0.1, -0.05) is 13.8 Å². The van der Waals surface area contributed by atoms with Crippen LogP contribution in [0.5, 0.6) is 0 Å². The second-order valence-corrected chi connectivity index (χ2v) is 5.09. The van der Waals surface area contributed by atoms with E-state index in [0.717, 1.165) is 19.6 Å². The van der Waals surface area contributed by atoms with E-state index in [1.807, 2.05) is 0 Å². The SMILES string of the molecule is CCN(CC)CCn1cnc(=O)c2cccnc2c1=O.O=C(O)C(=O)O. The Morgan fingerprint density at radius 3 is 2.27 bits per heavy atom. The van der Waals surface area contributed by atoms with Crippen LogP contribution in [-0.2, 0) is 16.1 Å². The molecule has 2 aromatic heterocycles. The van der Waals surface area contributed by atoms with Gasteiger partial charge in [0.25, 0.3) is 11.1 Å². The first-order valence-electron chi connectivity index (χ1n) is 7.84. The fourth-order valence-corrected chi connectivity index (χ4v) is 2.08. The number of aromatic nitrogens is 3. The Hall–Kier alpha value is -3.14. The molecule has 0 saturated heterocycles. The van der Waals surface area contributed by atoms with Crippen LogP contribution in [-0.4, -0.2) is 61.2 Å². The lowest BCUT2D eigenvalue weighted by Crippen LogP contribution is -2.30. The quantitative estimate of drug-likeness (QED) is 0.680. The smallest absolute Gasteiger partial charge is 0.414 e. The van der Waals surface area contributed by atoms with Gasteiger partial charge in [-0.25, -0.2) is 9.59 Å². The Labute approximate surface area is 148 Å². The molecular formula is C16H20N4O6. The summed E-state index contributed by atoms with van der Waals surface area (Å²) in [6, 6.07) is 3.21. The molecule has 0 fully saturated rings. The number of fused-ring (bicyclic) bond motifs is 1. The molecule has 0 amide bonds. The van der Waals surface area contributed by atoms with Crippen LogP contribution in [0.25, 0.3) is 10.9 Å². The topological polar surface area (TPSA) is 143 Å². The third kappa shape index (κ3) is 5.74. The molecule has 0 aliphatic rings. The molecule has 0 radical (unpaired) electrons. The van der Waals surface area contributed by atoms with Gasteiger partial charge in [0.1, 0.15) is 11.8 Å². The zero-order valence-electron chi connectivity index (χ0n) is 14.5. The van der Waals surface area contributed by atoms with Crippen LogP contribution in [0.15, 0.2) is 34.2 Å². The molecule has 140 valence electrons. The molecule has 0 bridgehead atoms. The van der Waals surface area contributed by atoms with Gasteiger partial charge in [0.2, 0.25) is 0 Å². The maximum atomic E-state index is 12.4. The van der Waals surface area contributed by atoms with Crippen LogP contribution < -0.4 is 11.1 Å². The van der Waals surface area contributed by atoms with Crippen LogP contribution in [0.1, 0.15) is 13.8 Å². The number of carbonyl (C=O) groups is 2. The zero-order valence-corrected chi connectivity index (χ0v) is 14.5. The number of hydrogen-bond donors (Lipinski definition) is 2. The van der Waals surface area contributed by atoms with Gasteiger partial charge in [-0.2, -0.15) is 4.98 Å². The third-order valence-corrected chi connectivity index (χ3v) is 3.55. The van der Waals surface area contributed by atoms with Crippen molar-refractivity contribution in [2.24, 2.45) is 0 Å². The summed E-state index contributed by atoms with van der Waals surface area (Å²) in [4.78, 5) is 52.4. The molecule has 0 saturated carbocycles. The van der Waals surface area contributed by atoms with E-state index >= 15 is 0 Å². The highest BCUT2D eigenvalue weighted by Gasteiger charge is 2.07. The molecule has 0 spiro atoms. The second-order valence-electron chi connectivity index (χ2n) is 5.09. The predicted octanol–water partition coefficient (Wildman–Crippen LogP) is -0.351. The molecule has 2 rings (SSSR count). The molecule has 10 heteroatoms. The van der Waals surface area contributed by atoms with Gasteiger partial charge >= 0.3 is 11.9 Å². The summed E-state index contributed by atoms with van der Waals surface area (Å²) in [5, 5.41) is 15.0. The molecule has 0 atom stereocenters. The van der Waals surface area contributed by atoms with Crippen molar-refractivity contribution in [3.8, 4) is 0 Å². The number of carboxylic acids is 2. The normalized spacial score (nSPS) is 10.3. The van der Waals surface area contributed by atoms with E-state index in [4.69, 9.17) is 19.8 Å². The number of carboxylic acid groups (broad SMARTS) is 2. The fourth-order valence-electron chi connectivity index (χ4n) is 2.08. The average Bonchev–Trinajstić information content (AvgIpc) is 2.75. The Morgan fingerprint density at radius 1 is 1.12 bits per heavy atom. The summed E-state index contributed by atoms with van der Waals surface area (Å²) in [6.45, 7) is 7.21. The minimum atomic E-state index is -1.82. The summed E-state index contributed by atoms with van der Waals surface area (Å²) in [5.74, 6) is -3.65. The number of rotatable bonds is 5. The van der Waals surface area contributed by atoms with Crippen molar-refractivity contribution in [2.45, 2.75) is 20.4 Å². The van der Waals surface area contributed by atoms with Crippen LogP contribution in [0.2, 0.25) is 0 Å². The summed E-state index contributed by atoms with van der Waals surface area (Å²) < 4.78 is 1.45. The number of pyridine rings is 1. The highest BCUT2D eigenvalue weighted by atomic mass is 16.4. The minimum absolute atomic E-state index is 0.176. The molecular weight excluding hydrogens is 344 g/mol. The first-order valence-corrected chi connectivity index (χ1v) is 7.84. The van der Waals surface area contributed by atoms with Crippen molar-refractivity contribution in [3.05, 3.63) is 45.4 Å². The van der Waals surface area contributed by atoms with E-state index in [1.165, 1.54) is 17.1 Å². The van der Waals surface area contributed by atoms with Crippen molar-refractivity contribution in [1.82, 2.24) is 19.4 Å². The highest BCUT2D eigenvalue weighted by molar-refractivity contribution is 6.27. The molecule has 2 heterocycles. The molecule has 10 nitrogen and oxygen atoms in total. The molecule has 0 aliphatic heterocycles. The Balaban J connectivity index is 0.000000487. The van der Waals surface area contributed by atoms with Crippen LogP contribution in [0.4, 0.5) is 0 Å². The van der Waals surface area contributed by atoms with E-state index in [0.29, 0.717) is 6.54 Å². The standard InChI is InChI=1S/C14H18N4O2.C2H2O4/c1-3-17(4-2)8-9-18-10-16-13(19)11-6-5-7-15-12(11)14(18)20;3-1(4)2(5)6/h5-7,10H,3-4,8-9H2,1-2H3;(H,3,4)(H,5,6). The molecule has 2 aromatic rings. The summed E-state index contributed by atoms with van der Waals surface area (Å²) >= 11 is 0. The molecule has 2 N–H and O–H groups in total. The number of hydrogen-bond acceptors (Lipinski definition) is 7. The lowest BCUT2D eigenvalue weighted by molar-refractivity contribution is -0.159. The molecule has 0 unspecified atom stereocenters. The van der Waals surface area contributed by atoms with Crippen LogP contribution >= 0.6 is 0 Å². The minimum Gasteiger partial charge on any atom is -0.473 e. The van der Waals surface area contributed by atoms with Gasteiger partial charge in [-0.05, 0) is 25.2 Å². The summed E-state index contributed by atoms with van der Waals surface area (Å²) in [5.41, 5.74) is -0.524. The van der Waals surface area contributed by atoms with E-state index in [2.05, 4.69) is 28.7 Å². The van der Waals surface area contributed by atoms with Crippen LogP contribution in [0, 0.1) is 0 Å². The van der Waals surface area contributed by atoms with E-state index < -0.39 is 17.5 Å². The predicted molar refractivity (Wildman–Crippen MR) is 93.1 cm³/mol. The Kier molecular flexibility index (Phi) is 8.03. The zero-order chi connectivity index (χ0) is 19.7. The number of nitrogens with zero attached hydrogens (tertiary/aromatic N) is 4. The maximum Gasteiger partial charge on any atom is 0.414 e. The van der Waals surface area contributed by atoms with Crippen molar-refractivity contribution in [3.63, 3.8) is 0 Å². The molecule has 0 aliphatic carbocycles. The van der Waals surface area contributed by atoms with E-state index in [1.54, 1.807) is 12.1 Å². The second kappa shape index (κ2) is 9.99. The van der Waals surface area contributed by atoms with Gasteiger partial charge in [-0.15, -0.1) is 0 Å². The lowest BCUT2D eigenvalue weighted by Gasteiger charge is -2.17. The first-order chi connectivity index (χ1) is 12.3. The summed E-state index contributed by atoms with van der Waals surface area (Å²) in [6.07, 6.45) is 2.83. The summed E-state index contributed by atoms with van der Waals surface area (Å²) in [7, 11) is 0. The molecule has 26 heavy (non-hydrogen) atoms. The highest BCUT2D eigenvalue weighted by Crippen LogP contribution is 1.98. The Bertz CT molecular complexity index is 880. The monoisotopic (exact) mass is 364 g/mol. The van der Waals surface area contributed by atoms with Gasteiger partial charge < -0.3 is 15.1 Å². The number of likely N-dealkylation sites (N-methyl/N-ethyl adjacent to an activating group) is 1. The maximum absolute atomic E-state index is 12.4. The van der Waals surface area contributed by atoms with Gasteiger partial charge in [0, 0.05) is 19.3 Å². The van der Waals surface area contributed by atoms with Crippen molar-refractivity contribution in [1.29, 1.82) is 0 Å². The van der Waals surface area contributed by atoms with E-state index in [9.17, 15) is 9.59 Å². The molecule has 0 aromatic carbocycles. The van der Waals surface area contributed by atoms with Gasteiger partial charge in [0.15, 0.2) is 0 Å². The van der Waals surface area contributed by atoms with Gasteiger partial charge in [-0.3, -0.25) is 19.1 Å². The Morgan fingerprint density at radius 2 is 1.73 bits per heavy atom.